The van der Waals surface area contributed by atoms with Crippen LogP contribution in [0.4, 0.5) is 5.69 Å². The normalized spacial score (nSPS) is 19.4. The van der Waals surface area contributed by atoms with Crippen molar-refractivity contribution in [3.8, 4) is 0 Å². The van der Waals surface area contributed by atoms with Crippen LogP contribution in [0.2, 0.25) is 0 Å². The second-order valence-corrected chi connectivity index (χ2v) is 7.21. The van der Waals surface area contributed by atoms with Crippen molar-refractivity contribution in [1.82, 2.24) is 0 Å². The third-order valence-electron chi connectivity index (χ3n) is 4.48. The lowest BCUT2D eigenvalue weighted by Crippen LogP contribution is -2.33. The minimum absolute atomic E-state index is 0.219. The van der Waals surface area contributed by atoms with Gasteiger partial charge in [-0.15, -0.1) is 11.3 Å². The molecule has 112 valence electrons. The van der Waals surface area contributed by atoms with Gasteiger partial charge in [-0.05, 0) is 73.9 Å². The number of nitrogens with two attached hydrogens (primary N) is 1. The molecule has 0 radical (unpaired) electrons. The van der Waals surface area contributed by atoms with Crippen LogP contribution in [0, 0.1) is 6.92 Å². The van der Waals surface area contributed by atoms with Crippen molar-refractivity contribution >= 4 is 17.0 Å². The van der Waals surface area contributed by atoms with Crippen molar-refractivity contribution in [1.29, 1.82) is 0 Å². The number of anilines is 1. The van der Waals surface area contributed by atoms with E-state index in [0.29, 0.717) is 6.04 Å². The highest BCUT2D eigenvalue weighted by Gasteiger charge is 2.25. The molecule has 3 heteroatoms. The summed E-state index contributed by atoms with van der Waals surface area (Å²) in [7, 11) is 0. The van der Waals surface area contributed by atoms with Crippen LogP contribution in [-0.2, 0) is 12.8 Å². The Balaban J connectivity index is 1.86. The van der Waals surface area contributed by atoms with Gasteiger partial charge in [-0.1, -0.05) is 6.07 Å². The molecule has 0 amide bonds. The molecule has 2 nitrogen and oxygen atoms in total. The summed E-state index contributed by atoms with van der Waals surface area (Å²) in [5.74, 6) is 0. The summed E-state index contributed by atoms with van der Waals surface area (Å²) in [6, 6.07) is 9.82. The number of aryl methyl sites for hydroxylation is 1. The van der Waals surface area contributed by atoms with Crippen molar-refractivity contribution in [2.75, 3.05) is 11.4 Å². The molecule has 0 spiro atoms. The summed E-state index contributed by atoms with van der Waals surface area (Å²) in [4.78, 5) is 4.08. The highest BCUT2D eigenvalue weighted by atomic mass is 32.1. The van der Waals surface area contributed by atoms with Crippen LogP contribution in [0.5, 0.6) is 0 Å². The molecular formula is C18H24N2S. The first-order valence-electron chi connectivity index (χ1n) is 7.74. The van der Waals surface area contributed by atoms with E-state index in [1.165, 1.54) is 22.4 Å². The summed E-state index contributed by atoms with van der Waals surface area (Å²) >= 11 is 1.90. The molecule has 0 saturated heterocycles. The van der Waals surface area contributed by atoms with Crippen molar-refractivity contribution in [3.63, 3.8) is 0 Å². The fourth-order valence-electron chi connectivity index (χ4n) is 3.30. The van der Waals surface area contributed by atoms with Gasteiger partial charge in [0.1, 0.15) is 0 Å². The van der Waals surface area contributed by atoms with E-state index in [9.17, 15) is 0 Å². The Morgan fingerprint density at radius 1 is 1.38 bits per heavy atom. The van der Waals surface area contributed by atoms with Crippen LogP contribution in [-0.4, -0.2) is 12.6 Å². The molecule has 0 saturated carbocycles. The number of rotatable bonds is 3. The number of nitrogens with zero attached hydrogens (tertiary/aromatic N) is 1. The maximum absolute atomic E-state index is 5.93. The molecule has 1 aliphatic heterocycles. The molecule has 2 aromatic rings. The minimum atomic E-state index is 0.219. The van der Waals surface area contributed by atoms with E-state index in [-0.39, 0.29) is 6.04 Å². The molecule has 2 N–H and O–H groups in total. The molecule has 1 aromatic carbocycles. The van der Waals surface area contributed by atoms with Gasteiger partial charge < -0.3 is 10.6 Å². The summed E-state index contributed by atoms with van der Waals surface area (Å²) < 4.78 is 0. The molecule has 21 heavy (non-hydrogen) atoms. The molecule has 0 bridgehead atoms. The van der Waals surface area contributed by atoms with E-state index in [0.717, 1.165) is 19.4 Å². The Kier molecular flexibility index (Phi) is 4.05. The van der Waals surface area contributed by atoms with Crippen LogP contribution in [0.15, 0.2) is 29.6 Å². The molecule has 0 fully saturated rings. The Hall–Kier alpha value is -1.32. The lowest BCUT2D eigenvalue weighted by molar-refractivity contribution is 0.632. The van der Waals surface area contributed by atoms with Crippen molar-refractivity contribution in [3.05, 3.63) is 51.2 Å². The van der Waals surface area contributed by atoms with E-state index in [1.54, 1.807) is 4.88 Å². The lowest BCUT2D eigenvalue weighted by Gasteiger charge is -2.36. The van der Waals surface area contributed by atoms with Crippen molar-refractivity contribution in [2.45, 2.75) is 45.7 Å². The lowest BCUT2D eigenvalue weighted by atomic mass is 9.98. The zero-order valence-corrected chi connectivity index (χ0v) is 13.9. The second kappa shape index (κ2) is 5.82. The van der Waals surface area contributed by atoms with Gasteiger partial charge in [0.05, 0.1) is 6.04 Å². The van der Waals surface area contributed by atoms with E-state index in [4.69, 9.17) is 5.73 Å². The topological polar surface area (TPSA) is 29.3 Å². The third-order valence-corrected chi connectivity index (χ3v) is 5.47. The maximum atomic E-state index is 5.93. The Bertz CT molecular complexity index is 630. The van der Waals surface area contributed by atoms with E-state index in [1.807, 2.05) is 11.3 Å². The van der Waals surface area contributed by atoms with Crippen LogP contribution in [0.25, 0.3) is 0 Å². The average Bonchev–Trinajstić information content (AvgIpc) is 2.90. The van der Waals surface area contributed by atoms with Gasteiger partial charge in [-0.3, -0.25) is 0 Å². The van der Waals surface area contributed by atoms with Gasteiger partial charge in [-0.25, -0.2) is 0 Å². The van der Waals surface area contributed by atoms with Crippen LogP contribution in [0.3, 0.4) is 0 Å². The minimum Gasteiger partial charge on any atom is -0.364 e. The van der Waals surface area contributed by atoms with E-state index in [2.05, 4.69) is 55.3 Å². The van der Waals surface area contributed by atoms with Gasteiger partial charge in [0, 0.05) is 23.2 Å². The van der Waals surface area contributed by atoms with E-state index >= 15 is 0 Å². The van der Waals surface area contributed by atoms with Gasteiger partial charge in [0.2, 0.25) is 0 Å². The zero-order chi connectivity index (χ0) is 15.0. The average molecular weight is 300 g/mol. The number of benzene rings is 1. The van der Waals surface area contributed by atoms with Gasteiger partial charge >= 0.3 is 0 Å². The first-order chi connectivity index (χ1) is 10.1. The fourth-order valence-corrected chi connectivity index (χ4v) is 4.26. The molecule has 0 aliphatic carbocycles. The number of hydrogen-bond donors (Lipinski definition) is 1. The highest BCUT2D eigenvalue weighted by Crippen LogP contribution is 2.36. The smallest absolute Gasteiger partial charge is 0.0525 e. The van der Waals surface area contributed by atoms with E-state index < -0.39 is 0 Å². The standard InChI is InChI=1S/C18H24N2S/c1-12-10-16(5-4-15(12)11-13(2)19)20-8-6-18-17(14(20)3)7-9-21-18/h4-5,7,9-10,13-14H,6,8,11,19H2,1-3H3. The van der Waals surface area contributed by atoms with Gasteiger partial charge in [-0.2, -0.15) is 0 Å². The number of fused-ring (bicyclic) bond motifs is 1. The van der Waals surface area contributed by atoms with Crippen LogP contribution < -0.4 is 10.6 Å². The monoisotopic (exact) mass is 300 g/mol. The molecular weight excluding hydrogens is 276 g/mol. The fraction of sp³-hybridized carbons (Fsp3) is 0.444. The first-order valence-corrected chi connectivity index (χ1v) is 8.62. The molecule has 1 aromatic heterocycles. The highest BCUT2D eigenvalue weighted by molar-refractivity contribution is 7.10. The van der Waals surface area contributed by atoms with Crippen LogP contribution >= 0.6 is 11.3 Å². The summed E-state index contributed by atoms with van der Waals surface area (Å²) in [5.41, 5.74) is 11.5. The first kappa shape index (κ1) is 14.6. The number of thiophene rings is 1. The number of hydrogen-bond acceptors (Lipinski definition) is 3. The predicted molar refractivity (Wildman–Crippen MR) is 92.3 cm³/mol. The quantitative estimate of drug-likeness (QED) is 0.926. The Morgan fingerprint density at radius 2 is 2.19 bits per heavy atom. The second-order valence-electron chi connectivity index (χ2n) is 6.21. The molecule has 2 unspecified atom stereocenters. The molecule has 2 atom stereocenters. The largest absolute Gasteiger partial charge is 0.364 e. The Labute approximate surface area is 131 Å². The van der Waals surface area contributed by atoms with Crippen LogP contribution in [0.1, 0.15) is 41.5 Å². The SMILES string of the molecule is Cc1cc(N2CCc3sccc3C2C)ccc1CC(C)N. The van der Waals surface area contributed by atoms with Crippen molar-refractivity contribution in [2.24, 2.45) is 5.73 Å². The molecule has 2 heterocycles. The third kappa shape index (κ3) is 2.85. The zero-order valence-electron chi connectivity index (χ0n) is 13.1. The molecule has 3 rings (SSSR count). The van der Waals surface area contributed by atoms with Gasteiger partial charge in [0.15, 0.2) is 0 Å². The van der Waals surface area contributed by atoms with Gasteiger partial charge in [0.25, 0.3) is 0 Å². The molecule has 1 aliphatic rings. The van der Waals surface area contributed by atoms with Crippen molar-refractivity contribution < 1.29 is 0 Å². The summed E-state index contributed by atoms with van der Waals surface area (Å²) in [6.45, 7) is 7.70. The summed E-state index contributed by atoms with van der Waals surface area (Å²) in [6.07, 6.45) is 2.12. The maximum Gasteiger partial charge on any atom is 0.0525 e. The predicted octanol–water partition coefficient (Wildman–Crippen LogP) is 4.07. The summed E-state index contributed by atoms with van der Waals surface area (Å²) in [5, 5.41) is 2.22. The Morgan fingerprint density at radius 3 is 2.90 bits per heavy atom.